The number of aliphatic carboxylic acids is 5. The molecule has 0 aliphatic rings. The predicted molar refractivity (Wildman–Crippen MR) is 131 cm³/mol. The van der Waals surface area contributed by atoms with E-state index in [0.29, 0.717) is 0 Å². The summed E-state index contributed by atoms with van der Waals surface area (Å²) in [7, 11) is 0. The molecule has 8 N–H and O–H groups in total. The van der Waals surface area contributed by atoms with E-state index in [1.807, 2.05) is 5.32 Å². The average Bonchev–Trinajstić information content (AvgIpc) is 3.25. The average molecular weight is 573 g/mol. The van der Waals surface area contributed by atoms with Gasteiger partial charge in [0.25, 0.3) is 0 Å². The molecule has 0 aliphatic carbocycles. The summed E-state index contributed by atoms with van der Waals surface area (Å²) in [6.45, 7) is -1.24. The van der Waals surface area contributed by atoms with Gasteiger partial charge in [0.2, 0.25) is 5.91 Å². The molecule has 3 amide bonds. The van der Waals surface area contributed by atoms with Crippen molar-refractivity contribution in [1.29, 1.82) is 0 Å². The maximum absolute atomic E-state index is 12.3. The summed E-state index contributed by atoms with van der Waals surface area (Å²) in [6, 6.07) is -4.01. The minimum Gasteiger partial charge on any atom is -0.481 e. The largest absolute Gasteiger partial charge is 0.481 e. The summed E-state index contributed by atoms with van der Waals surface area (Å²) in [6.07, 6.45) is 2.29. The molecular weight excluding hydrogens is 540 g/mol. The van der Waals surface area contributed by atoms with Gasteiger partial charge in [-0.3, -0.25) is 24.1 Å². The first-order valence-corrected chi connectivity index (χ1v) is 12.0. The maximum atomic E-state index is 12.3. The van der Waals surface area contributed by atoms with Crippen molar-refractivity contribution in [3.8, 4) is 0 Å². The summed E-state index contributed by atoms with van der Waals surface area (Å²) in [5.74, 6) is -6.75. The highest BCUT2D eigenvalue weighted by Crippen LogP contribution is 2.05. The van der Waals surface area contributed by atoms with E-state index in [9.17, 15) is 38.7 Å². The van der Waals surface area contributed by atoms with E-state index in [1.54, 1.807) is 0 Å². The van der Waals surface area contributed by atoms with Gasteiger partial charge in [0.15, 0.2) is 0 Å². The summed E-state index contributed by atoms with van der Waals surface area (Å²) in [5, 5.41) is 51.9. The molecule has 0 saturated heterocycles. The molecule has 1 heterocycles. The van der Waals surface area contributed by atoms with Gasteiger partial charge in [0, 0.05) is 25.4 Å². The number of unbranched alkanes of at least 4 members (excludes halogenated alkanes) is 1. The first kappa shape index (κ1) is 33.3. The second kappa shape index (κ2) is 17.0. The summed E-state index contributed by atoms with van der Waals surface area (Å²) in [4.78, 5) is 85.0. The highest BCUT2D eigenvalue weighted by molar-refractivity contribution is 5.86. The Labute approximate surface area is 227 Å². The Morgan fingerprint density at radius 3 is 2.00 bits per heavy atom. The Balaban J connectivity index is 2.51. The van der Waals surface area contributed by atoms with Gasteiger partial charge in [-0.05, 0) is 25.7 Å². The Hall–Kier alpha value is -4.74. The molecule has 18 heteroatoms. The monoisotopic (exact) mass is 572 g/mol. The van der Waals surface area contributed by atoms with E-state index in [0.717, 1.165) is 0 Å². The molecule has 0 aliphatic heterocycles. The van der Waals surface area contributed by atoms with Crippen LogP contribution in [0.15, 0.2) is 12.4 Å². The molecule has 222 valence electrons. The fourth-order valence-corrected chi connectivity index (χ4v) is 3.44. The molecule has 0 spiro atoms. The van der Waals surface area contributed by atoms with E-state index >= 15 is 0 Å². The second-order valence-corrected chi connectivity index (χ2v) is 8.58. The van der Waals surface area contributed by atoms with Crippen LogP contribution in [0.5, 0.6) is 0 Å². The number of carbonyl (C=O) groups excluding carboxylic acids is 2. The minimum absolute atomic E-state index is 0.0666. The number of urea groups is 1. The quantitative estimate of drug-likeness (QED) is 0.0801. The number of imidazole rings is 1. The molecule has 0 unspecified atom stereocenters. The van der Waals surface area contributed by atoms with Crippen LogP contribution in [-0.4, -0.2) is 113 Å². The zero-order chi connectivity index (χ0) is 30.2. The first-order chi connectivity index (χ1) is 18.8. The minimum atomic E-state index is -1.53. The number of hydrogen-bond acceptors (Lipinski definition) is 9. The number of carboxylic acid groups (broad SMARTS) is 5. The van der Waals surface area contributed by atoms with E-state index in [-0.39, 0.29) is 51.3 Å². The van der Waals surface area contributed by atoms with Gasteiger partial charge < -0.3 is 46.1 Å². The van der Waals surface area contributed by atoms with Crippen LogP contribution in [0.25, 0.3) is 0 Å². The van der Waals surface area contributed by atoms with Crippen LogP contribution in [0.4, 0.5) is 4.79 Å². The van der Waals surface area contributed by atoms with Crippen LogP contribution in [-0.2, 0) is 41.9 Å². The van der Waals surface area contributed by atoms with Crippen molar-refractivity contribution in [2.24, 2.45) is 0 Å². The van der Waals surface area contributed by atoms with E-state index < -0.39 is 73.3 Å². The summed E-state index contributed by atoms with van der Waals surface area (Å²) in [5.41, 5.74) is 0. The predicted octanol–water partition coefficient (Wildman–Crippen LogP) is -1.79. The standard InChI is InChI=1S/C22H32N6O12/c29-16(10-27(11-18(32)33)9-15-23-7-8-28(15)12-19(34)35)24-6-2-1-3-13(20(36)37)25-22(40)26-14(21(38)39)4-5-17(30)31/h7-8,13-14H,1-6,9-12H2,(H,24,29)(H,30,31)(H,32,33)(H,34,35)(H,36,37)(H,38,39)(H2,25,26,40)/t13-,14-/m0/s1. The number of aromatic nitrogens is 2. The lowest BCUT2D eigenvalue weighted by Crippen LogP contribution is -2.51. The number of rotatable bonds is 20. The Morgan fingerprint density at radius 1 is 0.825 bits per heavy atom. The van der Waals surface area contributed by atoms with E-state index in [1.165, 1.54) is 21.9 Å². The normalized spacial score (nSPS) is 12.2. The van der Waals surface area contributed by atoms with Gasteiger partial charge >= 0.3 is 35.9 Å². The maximum Gasteiger partial charge on any atom is 0.326 e. The van der Waals surface area contributed by atoms with Crippen molar-refractivity contribution in [3.63, 3.8) is 0 Å². The molecule has 40 heavy (non-hydrogen) atoms. The van der Waals surface area contributed by atoms with Crippen LogP contribution in [0.2, 0.25) is 0 Å². The van der Waals surface area contributed by atoms with Crippen molar-refractivity contribution in [2.45, 2.75) is 57.3 Å². The molecule has 0 saturated carbocycles. The smallest absolute Gasteiger partial charge is 0.326 e. The second-order valence-electron chi connectivity index (χ2n) is 8.58. The van der Waals surface area contributed by atoms with Gasteiger partial charge in [-0.1, -0.05) is 0 Å². The molecule has 0 fully saturated rings. The lowest BCUT2D eigenvalue weighted by molar-refractivity contribution is -0.141. The van der Waals surface area contributed by atoms with Crippen LogP contribution in [0.3, 0.4) is 0 Å². The third-order valence-electron chi connectivity index (χ3n) is 5.29. The zero-order valence-electron chi connectivity index (χ0n) is 21.3. The zero-order valence-corrected chi connectivity index (χ0v) is 21.3. The highest BCUT2D eigenvalue weighted by Gasteiger charge is 2.25. The van der Waals surface area contributed by atoms with Crippen LogP contribution >= 0.6 is 0 Å². The first-order valence-electron chi connectivity index (χ1n) is 12.0. The topological polar surface area (TPSA) is 278 Å². The van der Waals surface area contributed by atoms with Crippen molar-refractivity contribution >= 4 is 41.8 Å². The number of carboxylic acids is 5. The lowest BCUT2D eigenvalue weighted by atomic mass is 10.1. The third kappa shape index (κ3) is 13.7. The van der Waals surface area contributed by atoms with Gasteiger partial charge in [0.1, 0.15) is 24.5 Å². The number of nitrogens with one attached hydrogen (secondary N) is 3. The van der Waals surface area contributed by atoms with Crippen LogP contribution < -0.4 is 16.0 Å². The number of carbonyl (C=O) groups is 7. The third-order valence-corrected chi connectivity index (χ3v) is 5.29. The molecular formula is C22H32N6O12. The SMILES string of the molecule is O=C(O)CC[C@H](NC(=O)N[C@@H](CCCCNC(=O)CN(CC(=O)O)Cc1nccn1CC(=O)O)C(=O)O)C(=O)O. The molecule has 1 aromatic rings. The molecule has 0 bridgehead atoms. The van der Waals surface area contributed by atoms with Crippen molar-refractivity contribution < 1.29 is 59.1 Å². The Kier molecular flexibility index (Phi) is 14.1. The number of nitrogens with zero attached hydrogens (tertiary/aromatic N) is 3. The van der Waals surface area contributed by atoms with Gasteiger partial charge in [-0.2, -0.15) is 0 Å². The Morgan fingerprint density at radius 2 is 1.45 bits per heavy atom. The van der Waals surface area contributed by atoms with Gasteiger partial charge in [-0.25, -0.2) is 19.4 Å². The molecule has 2 atom stereocenters. The Bertz CT molecular complexity index is 1070. The lowest BCUT2D eigenvalue weighted by Gasteiger charge is -2.20. The van der Waals surface area contributed by atoms with Crippen LogP contribution in [0.1, 0.15) is 37.9 Å². The van der Waals surface area contributed by atoms with Crippen molar-refractivity contribution in [2.75, 3.05) is 19.6 Å². The number of hydrogen-bond donors (Lipinski definition) is 8. The molecule has 0 radical (unpaired) electrons. The molecule has 1 aromatic heterocycles. The van der Waals surface area contributed by atoms with Gasteiger partial charge in [0.05, 0.1) is 19.6 Å². The number of amides is 3. The van der Waals surface area contributed by atoms with Gasteiger partial charge in [-0.15, -0.1) is 0 Å². The highest BCUT2D eigenvalue weighted by atomic mass is 16.4. The fraction of sp³-hybridized carbons (Fsp3) is 0.545. The summed E-state index contributed by atoms with van der Waals surface area (Å²) >= 11 is 0. The van der Waals surface area contributed by atoms with E-state index in [4.69, 9.17) is 20.4 Å². The van der Waals surface area contributed by atoms with Crippen LogP contribution in [0, 0.1) is 0 Å². The summed E-state index contributed by atoms with van der Waals surface area (Å²) < 4.78 is 1.31. The molecule has 1 rings (SSSR count). The van der Waals surface area contributed by atoms with Crippen molar-refractivity contribution in [3.05, 3.63) is 18.2 Å². The molecule has 0 aromatic carbocycles. The fourth-order valence-electron chi connectivity index (χ4n) is 3.44. The molecule has 18 nitrogen and oxygen atoms in total. The van der Waals surface area contributed by atoms with E-state index in [2.05, 4.69) is 15.6 Å². The van der Waals surface area contributed by atoms with Crippen molar-refractivity contribution in [1.82, 2.24) is 30.4 Å².